The number of ether oxygens (including phenoxy) is 1. The van der Waals surface area contributed by atoms with Crippen molar-refractivity contribution in [2.45, 2.75) is 37.7 Å². The van der Waals surface area contributed by atoms with Crippen LogP contribution in [0.25, 0.3) is 0 Å². The second-order valence-corrected chi connectivity index (χ2v) is 7.62. The topological polar surface area (TPSA) is 63.7 Å². The summed E-state index contributed by atoms with van der Waals surface area (Å²) in [5, 5.41) is 0. The molecule has 0 fully saturated rings. The van der Waals surface area contributed by atoms with E-state index in [1.807, 2.05) is 43.3 Å². The van der Waals surface area contributed by atoms with Gasteiger partial charge in [0.25, 0.3) is 0 Å². The Morgan fingerprint density at radius 2 is 1.86 bits per heavy atom. The van der Waals surface area contributed by atoms with Gasteiger partial charge in [0.15, 0.2) is 6.10 Å². The Morgan fingerprint density at radius 3 is 2.57 bits per heavy atom. The van der Waals surface area contributed by atoms with E-state index in [0.29, 0.717) is 11.3 Å². The average molecular weight is 397 g/mol. The Kier molecular flexibility index (Phi) is 6.52. The minimum atomic E-state index is -0.861. The number of hydrogen-bond acceptors (Lipinski definition) is 5. The highest BCUT2D eigenvalue weighted by molar-refractivity contribution is 8.00. The van der Waals surface area contributed by atoms with Crippen molar-refractivity contribution in [1.82, 2.24) is 0 Å². The number of aryl methyl sites for hydroxylation is 1. The van der Waals surface area contributed by atoms with Crippen LogP contribution in [0, 0.1) is 0 Å². The van der Waals surface area contributed by atoms with E-state index in [-0.39, 0.29) is 24.7 Å². The van der Waals surface area contributed by atoms with Gasteiger partial charge in [0.1, 0.15) is 0 Å². The summed E-state index contributed by atoms with van der Waals surface area (Å²) in [5.74, 6) is -0.396. The van der Waals surface area contributed by atoms with Crippen molar-refractivity contribution < 1.29 is 19.1 Å². The lowest BCUT2D eigenvalue weighted by atomic mass is 10.0. The van der Waals surface area contributed by atoms with E-state index in [9.17, 15) is 14.4 Å². The minimum absolute atomic E-state index is 0.0309. The smallest absolute Gasteiger partial charge is 0.308 e. The molecule has 1 aliphatic heterocycles. The van der Waals surface area contributed by atoms with Crippen LogP contribution >= 0.6 is 11.8 Å². The molecule has 1 amide bonds. The molecule has 0 saturated carbocycles. The predicted octanol–water partition coefficient (Wildman–Crippen LogP) is 3.89. The molecule has 0 N–H and O–H groups in total. The quantitative estimate of drug-likeness (QED) is 0.524. The van der Waals surface area contributed by atoms with Crippen molar-refractivity contribution in [3.8, 4) is 0 Å². The molecule has 3 rings (SSSR count). The van der Waals surface area contributed by atoms with Gasteiger partial charge < -0.3 is 9.64 Å². The van der Waals surface area contributed by atoms with E-state index in [0.717, 1.165) is 22.6 Å². The molecular weight excluding hydrogens is 374 g/mol. The molecular formula is C22H23NO4S. The third-order valence-electron chi connectivity index (χ3n) is 4.67. The number of carbonyl (C=O) groups is 3. The second kappa shape index (κ2) is 9.06. The van der Waals surface area contributed by atoms with Crippen molar-refractivity contribution in [3.63, 3.8) is 0 Å². The number of anilines is 1. The third kappa shape index (κ3) is 4.62. The van der Waals surface area contributed by atoms with Crippen LogP contribution in [-0.2, 0) is 20.7 Å². The highest BCUT2D eigenvalue weighted by Crippen LogP contribution is 2.34. The van der Waals surface area contributed by atoms with Gasteiger partial charge in [-0.15, -0.1) is 11.8 Å². The van der Waals surface area contributed by atoms with Crippen LogP contribution in [0.5, 0.6) is 0 Å². The van der Waals surface area contributed by atoms with Gasteiger partial charge in [0.05, 0.1) is 17.9 Å². The number of hydrogen-bond donors (Lipinski definition) is 0. The molecule has 1 atom stereocenters. The molecule has 0 radical (unpaired) electrons. The number of benzene rings is 2. The normalized spacial score (nSPS) is 14.4. The van der Waals surface area contributed by atoms with Gasteiger partial charge in [-0.05, 0) is 31.0 Å². The molecule has 0 unspecified atom stereocenters. The fraction of sp³-hybridized carbons (Fsp3) is 0.318. The summed E-state index contributed by atoms with van der Waals surface area (Å²) in [7, 11) is 0. The first-order valence-corrected chi connectivity index (χ1v) is 10.3. The van der Waals surface area contributed by atoms with Crippen molar-refractivity contribution in [2.24, 2.45) is 0 Å². The van der Waals surface area contributed by atoms with Gasteiger partial charge in [-0.25, -0.2) is 0 Å². The Hall–Kier alpha value is -2.60. The third-order valence-corrected chi connectivity index (χ3v) is 5.72. The van der Waals surface area contributed by atoms with Crippen LogP contribution in [0.4, 0.5) is 5.69 Å². The van der Waals surface area contributed by atoms with Crippen LogP contribution in [0.2, 0.25) is 0 Å². The van der Waals surface area contributed by atoms with E-state index >= 15 is 0 Å². The molecule has 28 heavy (non-hydrogen) atoms. The van der Waals surface area contributed by atoms with Gasteiger partial charge in [0.2, 0.25) is 11.7 Å². The van der Waals surface area contributed by atoms with E-state index < -0.39 is 12.1 Å². The molecule has 5 nitrogen and oxygen atoms in total. The van der Waals surface area contributed by atoms with Crippen LogP contribution < -0.4 is 4.90 Å². The van der Waals surface area contributed by atoms with Gasteiger partial charge in [-0.2, -0.15) is 0 Å². The number of thioether (sulfide) groups is 1. The zero-order chi connectivity index (χ0) is 20.1. The molecule has 6 heteroatoms. The van der Waals surface area contributed by atoms with Crippen molar-refractivity contribution in [3.05, 3.63) is 59.7 Å². The maximum absolute atomic E-state index is 12.5. The molecule has 0 spiro atoms. The molecule has 0 aliphatic carbocycles. The zero-order valence-corrected chi connectivity index (χ0v) is 16.8. The van der Waals surface area contributed by atoms with E-state index in [1.165, 1.54) is 11.8 Å². The summed E-state index contributed by atoms with van der Waals surface area (Å²) < 4.78 is 5.31. The fourth-order valence-electron chi connectivity index (χ4n) is 3.05. The van der Waals surface area contributed by atoms with Crippen LogP contribution in [-0.4, -0.2) is 36.1 Å². The maximum Gasteiger partial charge on any atom is 0.308 e. The lowest BCUT2D eigenvalue weighted by molar-refractivity contribution is -0.146. The molecule has 1 heterocycles. The number of esters is 1. The number of para-hydroxylation sites is 1. The number of amides is 1. The first-order chi connectivity index (χ1) is 13.5. The average Bonchev–Trinajstić information content (AvgIpc) is 2.72. The standard InChI is InChI=1S/C22H23NO4S/c1-3-16-8-10-17(11-9-16)22(26)15(2)27-21(25)12-13-23-18-6-4-5-7-19(18)28-14-20(23)24/h4-11,15H,3,12-14H2,1-2H3/t15-/m0/s1. The van der Waals surface area contributed by atoms with Gasteiger partial charge >= 0.3 is 5.97 Å². The Morgan fingerprint density at radius 1 is 1.14 bits per heavy atom. The van der Waals surface area contributed by atoms with Crippen LogP contribution in [0.15, 0.2) is 53.4 Å². The molecule has 0 aromatic heterocycles. The van der Waals surface area contributed by atoms with Gasteiger partial charge in [-0.1, -0.05) is 43.3 Å². The molecule has 146 valence electrons. The lowest BCUT2D eigenvalue weighted by Gasteiger charge is -2.28. The summed E-state index contributed by atoms with van der Waals surface area (Å²) >= 11 is 1.50. The molecule has 1 aliphatic rings. The second-order valence-electron chi connectivity index (χ2n) is 6.60. The summed E-state index contributed by atoms with van der Waals surface area (Å²) in [6.45, 7) is 3.86. The monoisotopic (exact) mass is 397 g/mol. The van der Waals surface area contributed by atoms with Gasteiger partial charge in [0, 0.05) is 17.0 Å². The molecule has 0 bridgehead atoms. The minimum Gasteiger partial charge on any atom is -0.454 e. The maximum atomic E-state index is 12.5. The summed E-state index contributed by atoms with van der Waals surface area (Å²) in [5.41, 5.74) is 2.48. The number of carbonyl (C=O) groups excluding carboxylic acids is 3. The highest BCUT2D eigenvalue weighted by atomic mass is 32.2. The number of nitrogens with zero attached hydrogens (tertiary/aromatic N) is 1. The number of fused-ring (bicyclic) bond motifs is 1. The zero-order valence-electron chi connectivity index (χ0n) is 16.0. The van der Waals surface area contributed by atoms with E-state index in [2.05, 4.69) is 0 Å². The predicted molar refractivity (Wildman–Crippen MR) is 110 cm³/mol. The summed E-state index contributed by atoms with van der Waals surface area (Å²) in [6.07, 6.45) is 0.0763. The Bertz CT molecular complexity index is 878. The molecule has 0 saturated heterocycles. The van der Waals surface area contributed by atoms with Crippen LogP contribution in [0.3, 0.4) is 0 Å². The Labute approximate surface area is 169 Å². The fourth-order valence-corrected chi connectivity index (χ4v) is 3.99. The SMILES string of the molecule is CCc1ccc(C(=O)[C@H](C)OC(=O)CCN2C(=O)CSc3ccccc32)cc1. The summed E-state index contributed by atoms with van der Waals surface area (Å²) in [6, 6.07) is 14.9. The van der Waals surface area contributed by atoms with E-state index in [4.69, 9.17) is 4.74 Å². The first kappa shape index (κ1) is 20.1. The lowest BCUT2D eigenvalue weighted by Crippen LogP contribution is -2.37. The van der Waals surface area contributed by atoms with Crippen molar-refractivity contribution in [2.75, 3.05) is 17.2 Å². The van der Waals surface area contributed by atoms with Crippen molar-refractivity contribution in [1.29, 1.82) is 0 Å². The number of ketones is 1. The van der Waals surface area contributed by atoms with Crippen LogP contribution in [0.1, 0.15) is 36.2 Å². The Balaban J connectivity index is 1.56. The largest absolute Gasteiger partial charge is 0.454 e. The molecule has 2 aromatic carbocycles. The van der Waals surface area contributed by atoms with E-state index in [1.54, 1.807) is 24.0 Å². The first-order valence-electron chi connectivity index (χ1n) is 9.34. The summed E-state index contributed by atoms with van der Waals surface area (Å²) in [4.78, 5) is 39.6. The number of rotatable bonds is 7. The molecule has 2 aromatic rings. The number of Topliss-reactive ketones (excluding diaryl/α,β-unsaturated/α-hetero) is 1. The van der Waals surface area contributed by atoms with Crippen molar-refractivity contribution >= 4 is 35.1 Å². The highest BCUT2D eigenvalue weighted by Gasteiger charge is 2.26. The van der Waals surface area contributed by atoms with Gasteiger partial charge in [-0.3, -0.25) is 14.4 Å².